The lowest BCUT2D eigenvalue weighted by Crippen LogP contribution is -1.93. The van der Waals surface area contributed by atoms with Crippen LogP contribution >= 0.6 is 0 Å². The van der Waals surface area contributed by atoms with Gasteiger partial charge in [0.1, 0.15) is 0 Å². The van der Waals surface area contributed by atoms with E-state index < -0.39 is 0 Å². The molecule has 0 aliphatic heterocycles. The highest BCUT2D eigenvalue weighted by molar-refractivity contribution is 5.70. The number of benzene rings is 2. The number of nitrogens with zero attached hydrogens (tertiary/aromatic N) is 4. The van der Waals surface area contributed by atoms with Crippen LogP contribution in [0.15, 0.2) is 85.5 Å². The molecule has 0 amide bonds. The van der Waals surface area contributed by atoms with Crippen LogP contribution < -0.4 is 0 Å². The van der Waals surface area contributed by atoms with Gasteiger partial charge in [-0.15, -0.1) is 0 Å². The predicted molar refractivity (Wildman–Crippen MR) is 96.1 cm³/mol. The van der Waals surface area contributed by atoms with Gasteiger partial charge in [0.15, 0.2) is 0 Å². The first kappa shape index (κ1) is 14.2. The van der Waals surface area contributed by atoms with Crippen molar-refractivity contribution in [3.63, 3.8) is 0 Å². The Morgan fingerprint density at radius 1 is 0.583 bits per heavy atom. The molecule has 4 nitrogen and oxygen atoms in total. The van der Waals surface area contributed by atoms with Gasteiger partial charge in [-0.3, -0.25) is 0 Å². The molecule has 0 aliphatic rings. The average Bonchev–Trinajstić information content (AvgIpc) is 3.34. The summed E-state index contributed by atoms with van der Waals surface area (Å²) in [4.78, 5) is 0. The minimum absolute atomic E-state index is 1.06. The van der Waals surface area contributed by atoms with Crippen molar-refractivity contribution in [3.8, 4) is 11.4 Å². The van der Waals surface area contributed by atoms with Crippen LogP contribution in [0.2, 0.25) is 0 Å². The van der Waals surface area contributed by atoms with Gasteiger partial charge in [0.25, 0.3) is 0 Å². The minimum atomic E-state index is 1.06. The van der Waals surface area contributed by atoms with Gasteiger partial charge in [0, 0.05) is 24.8 Å². The monoisotopic (exact) mass is 312 g/mol. The Bertz CT molecular complexity index is 837. The van der Waals surface area contributed by atoms with E-state index >= 15 is 0 Å². The van der Waals surface area contributed by atoms with E-state index in [9.17, 15) is 0 Å². The Hall–Kier alpha value is -3.40. The van der Waals surface area contributed by atoms with Crippen molar-refractivity contribution in [1.29, 1.82) is 0 Å². The van der Waals surface area contributed by atoms with E-state index in [2.05, 4.69) is 70.9 Å². The van der Waals surface area contributed by atoms with Crippen LogP contribution in [0.1, 0.15) is 11.1 Å². The third kappa shape index (κ3) is 3.03. The summed E-state index contributed by atoms with van der Waals surface area (Å²) in [5.41, 5.74) is 4.42. The highest BCUT2D eigenvalue weighted by Gasteiger charge is 1.97. The van der Waals surface area contributed by atoms with Crippen LogP contribution in [0.3, 0.4) is 0 Å². The molecule has 0 unspecified atom stereocenters. The summed E-state index contributed by atoms with van der Waals surface area (Å²) in [6.45, 7) is 0. The lowest BCUT2D eigenvalue weighted by Gasteiger charge is -2.02. The summed E-state index contributed by atoms with van der Waals surface area (Å²) in [6, 6.07) is 20.4. The van der Waals surface area contributed by atoms with Crippen molar-refractivity contribution in [1.82, 2.24) is 19.6 Å². The molecule has 2 aromatic carbocycles. The highest BCUT2D eigenvalue weighted by Crippen LogP contribution is 2.14. The maximum Gasteiger partial charge on any atom is 0.0645 e. The van der Waals surface area contributed by atoms with E-state index in [-0.39, 0.29) is 0 Å². The fourth-order valence-electron chi connectivity index (χ4n) is 2.51. The fourth-order valence-corrected chi connectivity index (χ4v) is 2.51. The molecule has 0 atom stereocenters. The van der Waals surface area contributed by atoms with Gasteiger partial charge >= 0.3 is 0 Å². The molecule has 0 saturated carbocycles. The normalized spacial score (nSPS) is 11.2. The van der Waals surface area contributed by atoms with Gasteiger partial charge in [-0.1, -0.05) is 36.4 Å². The van der Waals surface area contributed by atoms with Crippen molar-refractivity contribution in [2.75, 3.05) is 0 Å². The Morgan fingerprint density at radius 2 is 1.00 bits per heavy atom. The van der Waals surface area contributed by atoms with E-state index in [0.29, 0.717) is 0 Å². The first-order chi connectivity index (χ1) is 11.9. The number of aromatic nitrogens is 4. The van der Waals surface area contributed by atoms with Gasteiger partial charge < -0.3 is 0 Å². The molecule has 0 fully saturated rings. The predicted octanol–water partition coefficient (Wildman–Crippen LogP) is 4.23. The van der Waals surface area contributed by atoms with E-state index in [1.165, 1.54) is 0 Å². The van der Waals surface area contributed by atoms with Gasteiger partial charge in [0.05, 0.1) is 11.4 Å². The summed E-state index contributed by atoms with van der Waals surface area (Å²) >= 11 is 0. The van der Waals surface area contributed by atoms with Crippen LogP contribution in [0.4, 0.5) is 0 Å². The van der Waals surface area contributed by atoms with Crippen molar-refractivity contribution >= 4 is 12.2 Å². The third-order valence-corrected chi connectivity index (χ3v) is 3.79. The molecule has 0 radical (unpaired) electrons. The highest BCUT2D eigenvalue weighted by atomic mass is 15.3. The molecule has 4 heteroatoms. The largest absolute Gasteiger partial charge is 0.241 e. The van der Waals surface area contributed by atoms with Crippen molar-refractivity contribution in [3.05, 3.63) is 96.6 Å². The van der Waals surface area contributed by atoms with Gasteiger partial charge in [-0.2, -0.15) is 10.2 Å². The fraction of sp³-hybridized carbons (Fsp3) is 0. The Balaban J connectivity index is 1.48. The molecule has 0 spiro atoms. The van der Waals surface area contributed by atoms with E-state index in [4.69, 9.17) is 0 Å². The molecule has 24 heavy (non-hydrogen) atoms. The summed E-state index contributed by atoms with van der Waals surface area (Å²) in [7, 11) is 0. The van der Waals surface area contributed by atoms with Crippen LogP contribution in [0.25, 0.3) is 23.5 Å². The maximum atomic E-state index is 4.23. The molecule has 0 aliphatic carbocycles. The van der Waals surface area contributed by atoms with Crippen LogP contribution in [0, 0.1) is 0 Å². The summed E-state index contributed by atoms with van der Waals surface area (Å²) in [5.74, 6) is 0. The molecule has 2 aromatic heterocycles. The van der Waals surface area contributed by atoms with Gasteiger partial charge in [0.2, 0.25) is 0 Å². The summed E-state index contributed by atoms with van der Waals surface area (Å²) in [5, 5.41) is 8.46. The van der Waals surface area contributed by atoms with E-state index in [0.717, 1.165) is 22.5 Å². The van der Waals surface area contributed by atoms with Crippen molar-refractivity contribution < 1.29 is 0 Å². The quantitative estimate of drug-likeness (QED) is 0.529. The molecule has 0 saturated heterocycles. The second-order valence-corrected chi connectivity index (χ2v) is 5.42. The van der Waals surface area contributed by atoms with Crippen LogP contribution in [-0.2, 0) is 0 Å². The molecule has 4 rings (SSSR count). The molecule has 0 bridgehead atoms. The van der Waals surface area contributed by atoms with Crippen molar-refractivity contribution in [2.45, 2.75) is 0 Å². The Kier molecular flexibility index (Phi) is 3.78. The smallest absolute Gasteiger partial charge is 0.0645 e. The topological polar surface area (TPSA) is 35.6 Å². The number of hydrogen-bond donors (Lipinski definition) is 0. The van der Waals surface area contributed by atoms with Gasteiger partial charge in [-0.25, -0.2) is 9.36 Å². The average molecular weight is 312 g/mol. The molecular formula is C20H16N4. The van der Waals surface area contributed by atoms with Crippen LogP contribution in [0.5, 0.6) is 0 Å². The standard InChI is InChI=1S/C20H16N4/c1-13-21-23(15-1)19-9-5-17(6-10-19)3-4-18-7-11-20(12-8-18)24-16-2-14-22-24/h1-16H/b4-3+. The summed E-state index contributed by atoms with van der Waals surface area (Å²) in [6.07, 6.45) is 11.6. The first-order valence-corrected chi connectivity index (χ1v) is 7.77. The maximum absolute atomic E-state index is 4.23. The summed E-state index contributed by atoms with van der Waals surface area (Å²) < 4.78 is 3.70. The third-order valence-electron chi connectivity index (χ3n) is 3.79. The Labute approximate surface area is 140 Å². The zero-order valence-electron chi connectivity index (χ0n) is 13.0. The zero-order chi connectivity index (χ0) is 16.2. The minimum Gasteiger partial charge on any atom is -0.241 e. The molecule has 2 heterocycles. The SMILES string of the molecule is C(=C\c1ccc(-n2cccn2)cc1)/c1ccc(-n2cccn2)cc1. The molecule has 116 valence electrons. The van der Waals surface area contributed by atoms with Crippen LogP contribution in [-0.4, -0.2) is 19.6 Å². The van der Waals surface area contributed by atoms with E-state index in [1.807, 2.05) is 33.9 Å². The lowest BCUT2D eigenvalue weighted by atomic mass is 10.1. The molecular weight excluding hydrogens is 296 g/mol. The lowest BCUT2D eigenvalue weighted by molar-refractivity contribution is 0.880. The van der Waals surface area contributed by atoms with Crippen molar-refractivity contribution in [2.24, 2.45) is 0 Å². The molecule has 0 N–H and O–H groups in total. The van der Waals surface area contributed by atoms with Gasteiger partial charge in [-0.05, 0) is 47.5 Å². The zero-order valence-corrected chi connectivity index (χ0v) is 13.0. The van der Waals surface area contributed by atoms with E-state index in [1.54, 1.807) is 12.4 Å². The number of rotatable bonds is 4. The molecule has 4 aromatic rings. The first-order valence-electron chi connectivity index (χ1n) is 7.77. The Morgan fingerprint density at radius 3 is 1.33 bits per heavy atom. The number of hydrogen-bond acceptors (Lipinski definition) is 2. The second kappa shape index (κ2) is 6.38. The second-order valence-electron chi connectivity index (χ2n) is 5.42.